The number of benzene rings is 2. The topological polar surface area (TPSA) is 17.1 Å². The van der Waals surface area contributed by atoms with Crippen LogP contribution in [0.5, 0.6) is 0 Å². The number of aryl methyl sites for hydroxylation is 4. The van der Waals surface area contributed by atoms with E-state index in [0.29, 0.717) is 0 Å². The normalized spacial score (nSPS) is 14.8. The molecule has 122 valence electrons. The van der Waals surface area contributed by atoms with Crippen LogP contribution >= 0.6 is 0 Å². The maximum absolute atomic E-state index is 13.3. The smallest absolute Gasteiger partial charge is 0.194 e. The first-order chi connectivity index (χ1) is 11.3. The van der Waals surface area contributed by atoms with E-state index in [0.717, 1.165) is 44.5 Å². The Labute approximate surface area is 144 Å². The van der Waals surface area contributed by atoms with Crippen molar-refractivity contribution < 1.29 is 4.79 Å². The number of allylic oxidation sites excluding steroid dienone is 4. The molecular formula is C23H24O. The van der Waals surface area contributed by atoms with Gasteiger partial charge in [0.1, 0.15) is 0 Å². The van der Waals surface area contributed by atoms with Crippen molar-refractivity contribution in [3.05, 3.63) is 80.9 Å². The summed E-state index contributed by atoms with van der Waals surface area (Å²) in [5.41, 5.74) is 10.7. The molecular weight excluding hydrogens is 292 g/mol. The van der Waals surface area contributed by atoms with Gasteiger partial charge in [-0.05, 0) is 74.9 Å². The number of hydrogen-bond donors (Lipinski definition) is 0. The van der Waals surface area contributed by atoms with E-state index in [1.807, 2.05) is 0 Å². The molecule has 1 nitrogen and oxygen atoms in total. The molecule has 0 spiro atoms. The summed E-state index contributed by atoms with van der Waals surface area (Å²) >= 11 is 0. The van der Waals surface area contributed by atoms with E-state index in [-0.39, 0.29) is 5.78 Å². The molecule has 0 saturated carbocycles. The number of carbonyl (C=O) groups excluding carboxylic acids is 1. The molecule has 1 aliphatic rings. The molecule has 2 aromatic carbocycles. The second-order valence-corrected chi connectivity index (χ2v) is 6.97. The van der Waals surface area contributed by atoms with Crippen LogP contribution in [0.15, 0.2) is 47.5 Å². The summed E-state index contributed by atoms with van der Waals surface area (Å²) in [6, 6.07) is 12.7. The van der Waals surface area contributed by atoms with Gasteiger partial charge in [-0.15, -0.1) is 0 Å². The zero-order chi connectivity index (χ0) is 17.6. The van der Waals surface area contributed by atoms with Crippen molar-refractivity contribution in [2.75, 3.05) is 0 Å². The highest BCUT2D eigenvalue weighted by molar-refractivity contribution is 6.47. The molecule has 2 aromatic rings. The van der Waals surface area contributed by atoms with E-state index in [9.17, 15) is 4.79 Å². The van der Waals surface area contributed by atoms with Crippen molar-refractivity contribution in [3.63, 3.8) is 0 Å². The Morgan fingerprint density at radius 2 is 0.958 bits per heavy atom. The van der Waals surface area contributed by atoms with E-state index in [1.54, 1.807) is 0 Å². The van der Waals surface area contributed by atoms with Crippen LogP contribution < -0.4 is 0 Å². The predicted octanol–water partition coefficient (Wildman–Crippen LogP) is 5.75. The summed E-state index contributed by atoms with van der Waals surface area (Å²) < 4.78 is 0. The quantitative estimate of drug-likeness (QED) is 0.689. The van der Waals surface area contributed by atoms with Crippen LogP contribution in [0, 0.1) is 27.7 Å². The SMILES string of the molecule is CC1=C(c2cc(C)ccc2C)C(=O)C(c2cc(C)ccc2C)=C1C. The van der Waals surface area contributed by atoms with E-state index in [1.165, 1.54) is 11.1 Å². The van der Waals surface area contributed by atoms with Gasteiger partial charge in [-0.1, -0.05) is 47.5 Å². The van der Waals surface area contributed by atoms with Gasteiger partial charge in [0.05, 0.1) is 0 Å². The van der Waals surface area contributed by atoms with Crippen molar-refractivity contribution in [3.8, 4) is 0 Å². The molecule has 0 atom stereocenters. The summed E-state index contributed by atoms with van der Waals surface area (Å²) in [5.74, 6) is 0.160. The zero-order valence-electron chi connectivity index (χ0n) is 15.4. The maximum Gasteiger partial charge on any atom is 0.194 e. The lowest BCUT2D eigenvalue weighted by atomic mass is 9.91. The molecule has 0 fully saturated rings. The Bertz CT molecular complexity index is 848. The predicted molar refractivity (Wildman–Crippen MR) is 102 cm³/mol. The summed E-state index contributed by atoms with van der Waals surface area (Å²) in [4.78, 5) is 13.3. The Morgan fingerprint density at radius 1 is 0.583 bits per heavy atom. The largest absolute Gasteiger partial charge is 0.289 e. The van der Waals surface area contributed by atoms with Gasteiger partial charge in [-0.25, -0.2) is 0 Å². The lowest BCUT2D eigenvalue weighted by Gasteiger charge is -2.12. The molecule has 0 aliphatic heterocycles. The first-order valence-electron chi connectivity index (χ1n) is 8.43. The lowest BCUT2D eigenvalue weighted by Crippen LogP contribution is -2.04. The van der Waals surface area contributed by atoms with Gasteiger partial charge in [-0.3, -0.25) is 4.79 Å². The van der Waals surface area contributed by atoms with Crippen LogP contribution in [-0.2, 0) is 4.79 Å². The van der Waals surface area contributed by atoms with Gasteiger partial charge in [0.15, 0.2) is 5.78 Å². The fourth-order valence-corrected chi connectivity index (χ4v) is 3.50. The molecule has 0 heterocycles. The first kappa shape index (κ1) is 16.4. The molecule has 0 N–H and O–H groups in total. The van der Waals surface area contributed by atoms with E-state index in [2.05, 4.69) is 77.9 Å². The average Bonchev–Trinajstić information content (AvgIpc) is 2.75. The molecule has 0 radical (unpaired) electrons. The molecule has 1 heteroatoms. The van der Waals surface area contributed by atoms with E-state index in [4.69, 9.17) is 0 Å². The second kappa shape index (κ2) is 5.90. The van der Waals surface area contributed by atoms with Crippen LogP contribution in [0.3, 0.4) is 0 Å². The van der Waals surface area contributed by atoms with Crippen molar-refractivity contribution in [2.45, 2.75) is 41.5 Å². The number of Topliss-reactive ketones (excluding diaryl/α,β-unsaturated/α-hetero) is 1. The highest BCUT2D eigenvalue weighted by atomic mass is 16.1. The number of carbonyl (C=O) groups is 1. The summed E-state index contributed by atoms with van der Waals surface area (Å²) in [6.45, 7) is 12.4. The summed E-state index contributed by atoms with van der Waals surface area (Å²) in [5, 5.41) is 0. The van der Waals surface area contributed by atoms with Gasteiger partial charge >= 0.3 is 0 Å². The average molecular weight is 316 g/mol. The van der Waals surface area contributed by atoms with Crippen molar-refractivity contribution in [1.29, 1.82) is 0 Å². The summed E-state index contributed by atoms with van der Waals surface area (Å²) in [7, 11) is 0. The van der Waals surface area contributed by atoms with Gasteiger partial charge < -0.3 is 0 Å². The highest BCUT2D eigenvalue weighted by Crippen LogP contribution is 2.41. The summed E-state index contributed by atoms with van der Waals surface area (Å²) in [6.07, 6.45) is 0. The van der Waals surface area contributed by atoms with Gasteiger partial charge in [0.2, 0.25) is 0 Å². The van der Waals surface area contributed by atoms with E-state index < -0.39 is 0 Å². The molecule has 0 bridgehead atoms. The van der Waals surface area contributed by atoms with Crippen molar-refractivity contribution in [1.82, 2.24) is 0 Å². The molecule has 1 aliphatic carbocycles. The van der Waals surface area contributed by atoms with Crippen LogP contribution in [0.25, 0.3) is 11.1 Å². The number of hydrogen-bond acceptors (Lipinski definition) is 1. The van der Waals surface area contributed by atoms with Gasteiger partial charge in [-0.2, -0.15) is 0 Å². The minimum Gasteiger partial charge on any atom is -0.289 e. The highest BCUT2D eigenvalue weighted by Gasteiger charge is 2.31. The van der Waals surface area contributed by atoms with Crippen LogP contribution in [-0.4, -0.2) is 5.78 Å². The Kier molecular flexibility index (Phi) is 4.04. The molecule has 0 saturated heterocycles. The Hall–Kier alpha value is -2.41. The second-order valence-electron chi connectivity index (χ2n) is 6.97. The molecule has 0 unspecified atom stereocenters. The number of rotatable bonds is 2. The van der Waals surface area contributed by atoms with Crippen LogP contribution in [0.4, 0.5) is 0 Å². The first-order valence-corrected chi connectivity index (χ1v) is 8.43. The zero-order valence-corrected chi connectivity index (χ0v) is 15.4. The third kappa shape index (κ3) is 2.54. The third-order valence-electron chi connectivity index (χ3n) is 5.09. The van der Waals surface area contributed by atoms with Crippen molar-refractivity contribution >= 4 is 16.9 Å². The third-order valence-corrected chi connectivity index (χ3v) is 5.09. The molecule has 24 heavy (non-hydrogen) atoms. The fraction of sp³-hybridized carbons (Fsp3) is 0.261. The Balaban J connectivity index is 2.18. The minimum absolute atomic E-state index is 0.160. The molecule has 3 rings (SSSR count). The number of ketones is 1. The molecule has 0 aromatic heterocycles. The van der Waals surface area contributed by atoms with Crippen molar-refractivity contribution in [2.24, 2.45) is 0 Å². The van der Waals surface area contributed by atoms with E-state index >= 15 is 0 Å². The van der Waals surface area contributed by atoms with Gasteiger partial charge in [0, 0.05) is 11.1 Å². The molecule has 0 amide bonds. The van der Waals surface area contributed by atoms with Gasteiger partial charge in [0.25, 0.3) is 0 Å². The lowest BCUT2D eigenvalue weighted by molar-refractivity contribution is -0.108. The van der Waals surface area contributed by atoms with Crippen LogP contribution in [0.2, 0.25) is 0 Å². The fourth-order valence-electron chi connectivity index (χ4n) is 3.50. The monoisotopic (exact) mass is 316 g/mol. The standard InChI is InChI=1S/C23H24O/c1-13-7-9-15(3)19(11-13)21-17(5)18(6)22(23(21)24)20-12-14(2)8-10-16(20)4/h7-12H,1-6H3. The maximum atomic E-state index is 13.3. The Morgan fingerprint density at radius 3 is 1.33 bits per heavy atom. The minimum atomic E-state index is 0.160. The van der Waals surface area contributed by atoms with Crippen LogP contribution in [0.1, 0.15) is 47.2 Å².